The Kier molecular flexibility index (Phi) is 31.8. The average molecular weight is 1510 g/mol. The summed E-state index contributed by atoms with van der Waals surface area (Å²) in [6, 6.07) is 103. The highest BCUT2D eigenvalue weighted by atomic mass is 14.2. The van der Waals surface area contributed by atoms with Gasteiger partial charge in [0, 0.05) is 0 Å². The lowest BCUT2D eigenvalue weighted by molar-refractivity contribution is 1.02. The summed E-state index contributed by atoms with van der Waals surface area (Å²) in [5.41, 5.74) is 36.4. The van der Waals surface area contributed by atoms with Crippen LogP contribution in [0.5, 0.6) is 0 Å². The van der Waals surface area contributed by atoms with Crippen LogP contribution in [0.2, 0.25) is 0 Å². The molecule has 0 heterocycles. The van der Waals surface area contributed by atoms with Gasteiger partial charge < -0.3 is 0 Å². The summed E-state index contributed by atoms with van der Waals surface area (Å²) >= 11 is 0. The maximum atomic E-state index is 2.40. The Labute approximate surface area is 693 Å². The van der Waals surface area contributed by atoms with Crippen molar-refractivity contribution < 1.29 is 0 Å². The molecule has 0 N–H and O–H groups in total. The molecule has 590 valence electrons. The highest BCUT2D eigenvalue weighted by Gasteiger charge is 2.15. The van der Waals surface area contributed by atoms with Crippen LogP contribution in [0.15, 0.2) is 273 Å². The summed E-state index contributed by atoms with van der Waals surface area (Å²) in [6.07, 6.45) is 21.7. The largest absolute Gasteiger partial charge is 0.0616 e. The van der Waals surface area contributed by atoms with Gasteiger partial charge in [0.1, 0.15) is 0 Å². The minimum absolute atomic E-state index is 1.02. The van der Waals surface area contributed by atoms with E-state index in [4.69, 9.17) is 0 Å². The molecular weight excluding hydrogens is 1380 g/mol. The highest BCUT2D eigenvalue weighted by Crippen LogP contribution is 2.33. The first-order chi connectivity index (χ1) is 56.3. The van der Waals surface area contributed by atoms with Crippen LogP contribution in [-0.4, -0.2) is 0 Å². The van der Waals surface area contributed by atoms with Gasteiger partial charge in [-0.15, -0.1) is 0 Å². The standard InChI is InChI=1S/5C23H26/c1-4-17-7-10-21(20(6-3)13-17)15-19-9-12-22-14-18(5-2)8-11-23(22)16-19;1-4-18-14-13-17(15-20(18)6-3)16-21-10-8-11-22-19(5-2)9-7-12-23(21)22;1-4-17-13-14-20(19(6-3)15-17)16-21-10-8-11-22-18(5-2)9-7-12-23(21)22;1-4-18-12-11-17(15-20(18)6-3)16-21-14-13-19(5-2)22-9-7-8-10-23(21)22;1-4-17-11-12-20(19(6-3)15-17)16-21-14-13-18(5-2)22-9-7-8-10-23(21)22/h7-14,16H,4-6,15H2,1-3H3;4*7-15H,4-6,16H2,1-3H3. The molecule has 0 bridgehead atoms. The molecule has 0 unspecified atom stereocenters. The van der Waals surface area contributed by atoms with E-state index in [1.165, 1.54) is 193 Å². The van der Waals surface area contributed by atoms with Crippen molar-refractivity contribution in [2.24, 2.45) is 0 Å². The molecule has 0 spiro atoms. The summed E-state index contributed by atoms with van der Waals surface area (Å²) in [4.78, 5) is 0. The maximum Gasteiger partial charge on any atom is -0.00169 e. The Morgan fingerprint density at radius 1 is 0.122 bits per heavy atom. The third-order valence-corrected chi connectivity index (χ3v) is 24.5. The lowest BCUT2D eigenvalue weighted by atomic mass is 9.91. The number of rotatable bonds is 25. The van der Waals surface area contributed by atoms with Crippen molar-refractivity contribution in [2.75, 3.05) is 0 Å². The molecule has 115 heavy (non-hydrogen) atoms. The molecule has 0 aliphatic rings. The van der Waals surface area contributed by atoms with Gasteiger partial charge in [-0.3, -0.25) is 0 Å². The lowest BCUT2D eigenvalue weighted by Gasteiger charge is -2.13. The zero-order chi connectivity index (χ0) is 81.2. The monoisotopic (exact) mass is 1510 g/mol. The second kappa shape index (κ2) is 42.8. The molecule has 15 aromatic rings. The van der Waals surface area contributed by atoms with Crippen molar-refractivity contribution in [3.8, 4) is 0 Å². The normalized spacial score (nSPS) is 11.1. The van der Waals surface area contributed by atoms with E-state index < -0.39 is 0 Å². The van der Waals surface area contributed by atoms with Crippen LogP contribution in [0, 0.1) is 0 Å². The van der Waals surface area contributed by atoms with Crippen molar-refractivity contribution >= 4 is 53.9 Å². The molecule has 0 saturated heterocycles. The quantitative estimate of drug-likeness (QED) is 0.0535. The first-order valence-corrected chi connectivity index (χ1v) is 44.3. The molecule has 0 amide bonds. The molecule has 0 aromatic heterocycles. The second-order valence-corrected chi connectivity index (χ2v) is 31.4. The first kappa shape index (κ1) is 85.5. The number of hydrogen-bond donors (Lipinski definition) is 0. The molecule has 0 aliphatic carbocycles. The van der Waals surface area contributed by atoms with Crippen molar-refractivity contribution in [2.45, 2.75) is 232 Å². The van der Waals surface area contributed by atoms with Gasteiger partial charge >= 0.3 is 0 Å². The molecule has 0 saturated carbocycles. The summed E-state index contributed by atoms with van der Waals surface area (Å²) in [5.74, 6) is 0. The molecule has 15 rings (SSSR count). The molecule has 0 fully saturated rings. The van der Waals surface area contributed by atoms with E-state index in [2.05, 4.69) is 377 Å². The minimum Gasteiger partial charge on any atom is -0.0616 e. The predicted octanol–water partition coefficient (Wildman–Crippen LogP) is 30.6. The molecule has 0 aliphatic heterocycles. The van der Waals surface area contributed by atoms with Crippen LogP contribution >= 0.6 is 0 Å². The Bertz CT molecular complexity index is 5500. The zero-order valence-corrected chi connectivity index (χ0v) is 72.6. The number of hydrogen-bond acceptors (Lipinski definition) is 0. The van der Waals surface area contributed by atoms with Gasteiger partial charge in [-0.05, 0) is 321 Å². The zero-order valence-electron chi connectivity index (χ0n) is 72.6. The lowest BCUT2D eigenvalue weighted by Crippen LogP contribution is -1.98. The topological polar surface area (TPSA) is 0 Å². The van der Waals surface area contributed by atoms with Crippen molar-refractivity contribution in [3.63, 3.8) is 0 Å². The van der Waals surface area contributed by atoms with Crippen LogP contribution in [0.25, 0.3) is 53.9 Å². The molecule has 0 atom stereocenters. The third kappa shape index (κ3) is 21.6. The van der Waals surface area contributed by atoms with Crippen molar-refractivity contribution in [1.82, 2.24) is 0 Å². The van der Waals surface area contributed by atoms with E-state index in [0.29, 0.717) is 0 Å². The van der Waals surface area contributed by atoms with Crippen LogP contribution in [0.3, 0.4) is 0 Å². The first-order valence-electron chi connectivity index (χ1n) is 44.3. The Morgan fingerprint density at radius 2 is 0.313 bits per heavy atom. The molecule has 15 aromatic carbocycles. The number of aryl methyl sites for hydroxylation is 15. The Morgan fingerprint density at radius 3 is 0.661 bits per heavy atom. The minimum atomic E-state index is 1.02. The SMILES string of the molecule is CCc1ccc(Cc2ccc(CC)c3ccccc23)c(CC)c1.CCc1ccc(Cc2ccc(CC)c3ccccc23)cc1CC.CCc1ccc(Cc2ccc3cc(CC)ccc3c2)c(CC)c1.CCc1ccc(Cc2cccc3c(CC)cccc23)c(CC)c1.CCc1ccc(Cc2cccc3c(CC)cccc23)cc1CC. The molecule has 0 radical (unpaired) electrons. The summed E-state index contributed by atoms with van der Waals surface area (Å²) in [6.45, 7) is 33.6. The van der Waals surface area contributed by atoms with E-state index in [1.807, 2.05) is 0 Å². The van der Waals surface area contributed by atoms with Crippen LogP contribution < -0.4 is 0 Å². The Balaban J connectivity index is 0.000000142. The van der Waals surface area contributed by atoms with Gasteiger partial charge in [0.05, 0.1) is 0 Å². The van der Waals surface area contributed by atoms with Crippen molar-refractivity contribution in [1.29, 1.82) is 0 Å². The van der Waals surface area contributed by atoms with Crippen LogP contribution in [0.4, 0.5) is 0 Å². The fourth-order valence-corrected chi connectivity index (χ4v) is 17.5. The van der Waals surface area contributed by atoms with Crippen LogP contribution in [-0.2, 0) is 128 Å². The third-order valence-electron chi connectivity index (χ3n) is 24.5. The van der Waals surface area contributed by atoms with Gasteiger partial charge in [0.25, 0.3) is 0 Å². The predicted molar refractivity (Wildman–Crippen MR) is 507 cm³/mol. The van der Waals surface area contributed by atoms with Crippen LogP contribution in [0.1, 0.15) is 243 Å². The van der Waals surface area contributed by atoms with Gasteiger partial charge in [0.2, 0.25) is 0 Å². The van der Waals surface area contributed by atoms with E-state index >= 15 is 0 Å². The van der Waals surface area contributed by atoms with E-state index in [-0.39, 0.29) is 0 Å². The number of benzene rings is 15. The molecule has 0 heteroatoms. The van der Waals surface area contributed by atoms with Gasteiger partial charge in [-0.25, -0.2) is 0 Å². The fraction of sp³-hybridized carbons (Fsp3) is 0.304. The second-order valence-electron chi connectivity index (χ2n) is 31.4. The van der Waals surface area contributed by atoms with E-state index in [9.17, 15) is 0 Å². The van der Waals surface area contributed by atoms with E-state index in [1.54, 1.807) is 0 Å². The van der Waals surface area contributed by atoms with E-state index in [0.717, 1.165) is 128 Å². The fourth-order valence-electron chi connectivity index (χ4n) is 17.5. The summed E-state index contributed by atoms with van der Waals surface area (Å²) in [7, 11) is 0. The van der Waals surface area contributed by atoms with Crippen molar-refractivity contribution in [3.05, 3.63) is 412 Å². The average Bonchev–Trinajstić information content (AvgIpc) is 0.812. The smallest absolute Gasteiger partial charge is 0.00169 e. The molecular formula is C115H130. The van der Waals surface area contributed by atoms with Gasteiger partial charge in [0.15, 0.2) is 0 Å². The summed E-state index contributed by atoms with van der Waals surface area (Å²) < 4.78 is 0. The molecule has 0 nitrogen and oxygen atoms in total. The number of fused-ring (bicyclic) bond motifs is 5. The van der Waals surface area contributed by atoms with Gasteiger partial charge in [-0.1, -0.05) is 377 Å². The van der Waals surface area contributed by atoms with Gasteiger partial charge in [-0.2, -0.15) is 0 Å². The maximum absolute atomic E-state index is 2.40. The Hall–Kier alpha value is -10.4. The summed E-state index contributed by atoms with van der Waals surface area (Å²) in [5, 5.41) is 14.0. The highest BCUT2D eigenvalue weighted by molar-refractivity contribution is 5.92.